The smallest absolute Gasteiger partial charge is 0.274 e. The lowest BCUT2D eigenvalue weighted by molar-refractivity contribution is 0.102. The summed E-state index contributed by atoms with van der Waals surface area (Å²) < 4.78 is 0. The maximum absolute atomic E-state index is 12.7. The lowest BCUT2D eigenvalue weighted by atomic mass is 10.2. The van der Waals surface area contributed by atoms with Crippen LogP contribution >= 0.6 is 11.6 Å². The number of amides is 1. The number of nitrogens with zero attached hydrogens (tertiary/aromatic N) is 3. The van der Waals surface area contributed by atoms with E-state index in [1.165, 1.54) is 0 Å². The van der Waals surface area contributed by atoms with Crippen LogP contribution in [0.15, 0.2) is 54.6 Å². The lowest BCUT2D eigenvalue weighted by Crippen LogP contribution is -2.22. The molecular weight excluding hydrogens is 360 g/mol. The summed E-state index contributed by atoms with van der Waals surface area (Å²) in [5, 5.41) is 3.45. The molecule has 27 heavy (non-hydrogen) atoms. The molecule has 1 aromatic heterocycles. The molecule has 1 amide bonds. The molecule has 3 aromatic rings. The van der Waals surface area contributed by atoms with Gasteiger partial charge in [0.05, 0.1) is 0 Å². The zero-order chi connectivity index (χ0) is 19.4. The second-order valence-corrected chi connectivity index (χ2v) is 6.60. The predicted molar refractivity (Wildman–Crippen MR) is 110 cm³/mol. The van der Waals surface area contributed by atoms with Crippen molar-refractivity contribution in [2.45, 2.75) is 20.8 Å². The van der Waals surface area contributed by atoms with Gasteiger partial charge in [0.1, 0.15) is 5.69 Å². The average Bonchev–Trinajstić information content (AvgIpc) is 2.66. The molecule has 2 aromatic carbocycles. The molecule has 0 fully saturated rings. The van der Waals surface area contributed by atoms with Crippen molar-refractivity contribution in [3.63, 3.8) is 0 Å². The molecule has 0 radical (unpaired) electrons. The second-order valence-electron chi connectivity index (χ2n) is 6.19. The number of hydrogen-bond donors (Lipinski definition) is 1. The van der Waals surface area contributed by atoms with Crippen LogP contribution in [0.3, 0.4) is 0 Å². The minimum absolute atomic E-state index is 0.300. The van der Waals surface area contributed by atoms with Crippen molar-refractivity contribution in [2.24, 2.45) is 0 Å². The van der Waals surface area contributed by atoms with E-state index in [0.717, 1.165) is 16.9 Å². The second kappa shape index (κ2) is 8.18. The van der Waals surface area contributed by atoms with Crippen LogP contribution in [-0.4, -0.2) is 22.4 Å². The first kappa shape index (κ1) is 18.9. The zero-order valence-corrected chi connectivity index (χ0v) is 16.3. The van der Waals surface area contributed by atoms with Gasteiger partial charge in [-0.05, 0) is 56.7 Å². The van der Waals surface area contributed by atoms with Gasteiger partial charge in [0.25, 0.3) is 5.91 Å². The Morgan fingerprint density at radius 2 is 1.81 bits per heavy atom. The molecule has 0 aliphatic rings. The van der Waals surface area contributed by atoms with Gasteiger partial charge >= 0.3 is 0 Å². The number of aryl methyl sites for hydroxylation is 2. The van der Waals surface area contributed by atoms with E-state index in [2.05, 4.69) is 15.3 Å². The average molecular weight is 381 g/mol. The number of para-hydroxylation sites is 1. The Kier molecular flexibility index (Phi) is 5.72. The fourth-order valence-electron chi connectivity index (χ4n) is 2.70. The van der Waals surface area contributed by atoms with Crippen molar-refractivity contribution < 1.29 is 4.79 Å². The normalized spacial score (nSPS) is 10.5. The number of benzene rings is 2. The summed E-state index contributed by atoms with van der Waals surface area (Å²) in [6.45, 7) is 6.47. The Balaban J connectivity index is 1.90. The third-order valence-corrected chi connectivity index (χ3v) is 4.54. The molecule has 5 nitrogen and oxygen atoms in total. The number of hydrogen-bond acceptors (Lipinski definition) is 4. The summed E-state index contributed by atoms with van der Waals surface area (Å²) in [7, 11) is 0. The summed E-state index contributed by atoms with van der Waals surface area (Å²) >= 11 is 6.14. The largest absolute Gasteiger partial charge is 0.321 e. The minimum Gasteiger partial charge on any atom is -0.321 e. The van der Waals surface area contributed by atoms with Gasteiger partial charge in [0.2, 0.25) is 5.95 Å². The predicted octanol–water partition coefficient (Wildman–Crippen LogP) is 5.16. The Morgan fingerprint density at radius 1 is 1.07 bits per heavy atom. The summed E-state index contributed by atoms with van der Waals surface area (Å²) in [6, 6.07) is 16.9. The lowest BCUT2D eigenvalue weighted by Gasteiger charge is -2.21. The van der Waals surface area contributed by atoms with Crippen molar-refractivity contribution in [1.82, 2.24) is 9.97 Å². The van der Waals surface area contributed by atoms with Gasteiger partial charge in [-0.25, -0.2) is 9.97 Å². The monoisotopic (exact) mass is 380 g/mol. The summed E-state index contributed by atoms with van der Waals surface area (Å²) in [5.41, 5.74) is 3.59. The maximum Gasteiger partial charge on any atom is 0.274 e. The highest BCUT2D eigenvalue weighted by atomic mass is 35.5. The number of carbonyl (C=O) groups excluding carboxylic acids is 1. The fourth-order valence-corrected chi connectivity index (χ4v) is 2.88. The topological polar surface area (TPSA) is 58.1 Å². The van der Waals surface area contributed by atoms with Crippen LogP contribution in [0.2, 0.25) is 5.02 Å². The number of halogens is 1. The summed E-state index contributed by atoms with van der Waals surface area (Å²) in [6.07, 6.45) is 0. The van der Waals surface area contributed by atoms with E-state index in [0.29, 0.717) is 28.9 Å². The van der Waals surface area contributed by atoms with Crippen LogP contribution in [0.5, 0.6) is 0 Å². The maximum atomic E-state index is 12.7. The number of nitrogens with one attached hydrogen (secondary N) is 1. The Bertz CT molecular complexity index is 960. The van der Waals surface area contributed by atoms with Gasteiger partial charge in [-0.1, -0.05) is 35.9 Å². The SMILES string of the molecule is CCN(c1ccccc1)c1nc(C)cc(C(=O)Nc2ccc(C)c(Cl)c2)n1. The van der Waals surface area contributed by atoms with Gasteiger partial charge < -0.3 is 10.2 Å². The molecule has 0 aliphatic carbocycles. The van der Waals surface area contributed by atoms with E-state index in [1.807, 2.05) is 68.1 Å². The Morgan fingerprint density at radius 3 is 2.48 bits per heavy atom. The van der Waals surface area contributed by atoms with Crippen LogP contribution in [0.4, 0.5) is 17.3 Å². The Labute approximate surface area is 164 Å². The van der Waals surface area contributed by atoms with Gasteiger partial charge in [0, 0.05) is 28.6 Å². The van der Waals surface area contributed by atoms with E-state index in [4.69, 9.17) is 11.6 Å². The first-order valence-electron chi connectivity index (χ1n) is 8.73. The van der Waals surface area contributed by atoms with E-state index >= 15 is 0 Å². The van der Waals surface area contributed by atoms with Gasteiger partial charge in [-0.2, -0.15) is 0 Å². The van der Waals surface area contributed by atoms with Gasteiger partial charge in [-0.15, -0.1) is 0 Å². The molecule has 1 N–H and O–H groups in total. The quantitative estimate of drug-likeness (QED) is 0.664. The third kappa shape index (κ3) is 4.44. The number of anilines is 3. The van der Waals surface area contributed by atoms with Crippen molar-refractivity contribution >= 4 is 34.8 Å². The molecule has 0 spiro atoms. The molecule has 0 aliphatic heterocycles. The molecule has 0 atom stereocenters. The van der Waals surface area contributed by atoms with Crippen LogP contribution in [0, 0.1) is 13.8 Å². The van der Waals surface area contributed by atoms with Gasteiger partial charge in [-0.3, -0.25) is 4.79 Å². The first-order valence-corrected chi connectivity index (χ1v) is 9.11. The van der Waals surface area contributed by atoms with E-state index in [9.17, 15) is 4.79 Å². The molecule has 0 saturated heterocycles. The van der Waals surface area contributed by atoms with Crippen molar-refractivity contribution in [3.05, 3.63) is 76.6 Å². The minimum atomic E-state index is -0.300. The standard InChI is InChI=1S/C21H21ClN4O/c1-4-26(17-8-6-5-7-9-17)21-23-15(3)12-19(25-21)20(27)24-16-11-10-14(2)18(22)13-16/h5-13H,4H2,1-3H3,(H,24,27). The van der Waals surface area contributed by atoms with Gasteiger partial charge in [0.15, 0.2) is 0 Å². The third-order valence-electron chi connectivity index (χ3n) is 4.13. The fraction of sp³-hybridized carbons (Fsp3) is 0.190. The number of carbonyl (C=O) groups is 1. The highest BCUT2D eigenvalue weighted by Crippen LogP contribution is 2.23. The molecular formula is C21H21ClN4O. The molecule has 0 saturated carbocycles. The zero-order valence-electron chi connectivity index (χ0n) is 15.5. The molecule has 3 rings (SSSR count). The Hall–Kier alpha value is -2.92. The van der Waals surface area contributed by atoms with E-state index in [-0.39, 0.29) is 5.91 Å². The highest BCUT2D eigenvalue weighted by Gasteiger charge is 2.16. The van der Waals surface area contributed by atoms with Crippen LogP contribution < -0.4 is 10.2 Å². The van der Waals surface area contributed by atoms with E-state index in [1.54, 1.807) is 12.1 Å². The molecule has 0 bridgehead atoms. The van der Waals surface area contributed by atoms with Crippen LogP contribution in [-0.2, 0) is 0 Å². The molecule has 0 unspecified atom stereocenters. The first-order chi connectivity index (χ1) is 13.0. The number of rotatable bonds is 5. The summed E-state index contributed by atoms with van der Waals surface area (Å²) in [5.74, 6) is 0.196. The van der Waals surface area contributed by atoms with E-state index < -0.39 is 0 Å². The van der Waals surface area contributed by atoms with Crippen LogP contribution in [0.1, 0.15) is 28.7 Å². The number of aromatic nitrogens is 2. The van der Waals surface area contributed by atoms with Crippen LogP contribution in [0.25, 0.3) is 0 Å². The summed E-state index contributed by atoms with van der Waals surface area (Å²) in [4.78, 5) is 23.7. The molecule has 1 heterocycles. The van der Waals surface area contributed by atoms with Crippen molar-refractivity contribution in [3.8, 4) is 0 Å². The highest BCUT2D eigenvalue weighted by molar-refractivity contribution is 6.31. The van der Waals surface area contributed by atoms with Crippen molar-refractivity contribution in [2.75, 3.05) is 16.8 Å². The molecule has 138 valence electrons. The molecule has 6 heteroatoms. The van der Waals surface area contributed by atoms with Crippen molar-refractivity contribution in [1.29, 1.82) is 0 Å².